The van der Waals surface area contributed by atoms with Crippen molar-refractivity contribution in [2.75, 3.05) is 7.11 Å². The van der Waals surface area contributed by atoms with E-state index in [4.69, 9.17) is 5.73 Å². The molecule has 1 atom stereocenters. The highest BCUT2D eigenvalue weighted by Gasteiger charge is 2.16. The maximum absolute atomic E-state index is 11.4. The highest BCUT2D eigenvalue weighted by atomic mass is 16.5. The number of methoxy groups -OCH3 is 1. The number of hydrogen-bond donors (Lipinski definition) is 1. The van der Waals surface area contributed by atoms with Gasteiger partial charge in [0.25, 0.3) is 0 Å². The van der Waals surface area contributed by atoms with Crippen molar-refractivity contribution in [1.29, 1.82) is 0 Å². The van der Waals surface area contributed by atoms with Crippen LogP contribution in [0.4, 0.5) is 0 Å². The molecule has 108 valence electrons. The van der Waals surface area contributed by atoms with Gasteiger partial charge in [-0.05, 0) is 25.0 Å². The minimum absolute atomic E-state index is 0.369. The van der Waals surface area contributed by atoms with Crippen molar-refractivity contribution in [3.63, 3.8) is 0 Å². The van der Waals surface area contributed by atoms with Crippen molar-refractivity contribution in [3.05, 3.63) is 30.1 Å². The van der Waals surface area contributed by atoms with Gasteiger partial charge in [-0.1, -0.05) is 19.1 Å². The van der Waals surface area contributed by atoms with E-state index in [1.54, 1.807) is 0 Å². The molecule has 0 aliphatic heterocycles. The zero-order valence-corrected chi connectivity index (χ0v) is 12.0. The first-order valence-corrected chi connectivity index (χ1v) is 6.95. The monoisotopic (exact) mass is 275 g/mol. The van der Waals surface area contributed by atoms with Gasteiger partial charge in [0.1, 0.15) is 11.9 Å². The molecule has 2 N–H and O–H groups in total. The molecule has 0 spiro atoms. The van der Waals surface area contributed by atoms with E-state index in [1.165, 1.54) is 7.11 Å². The summed E-state index contributed by atoms with van der Waals surface area (Å²) < 4.78 is 6.81. The van der Waals surface area contributed by atoms with Gasteiger partial charge in [-0.3, -0.25) is 4.79 Å². The standard InChI is InChI=1S/C15H21N3O2/c1-3-6-14-17-12-7-4-5-8-13(12)18(14)10-9-11(16)15(19)20-2/h4-5,7-8,11H,3,6,9-10,16H2,1-2H3. The molecule has 0 aliphatic carbocycles. The molecule has 1 unspecified atom stereocenters. The van der Waals surface area contributed by atoms with E-state index in [9.17, 15) is 4.79 Å². The Labute approximate surface area is 118 Å². The Bertz CT molecular complexity index is 592. The Morgan fingerprint density at radius 3 is 2.90 bits per heavy atom. The number of para-hydroxylation sites is 2. The number of aromatic nitrogens is 2. The molecule has 5 nitrogen and oxygen atoms in total. The molecule has 0 amide bonds. The molecule has 0 fully saturated rings. The van der Waals surface area contributed by atoms with Crippen molar-refractivity contribution in [1.82, 2.24) is 9.55 Å². The largest absolute Gasteiger partial charge is 0.468 e. The highest BCUT2D eigenvalue weighted by Crippen LogP contribution is 2.18. The number of carbonyl (C=O) groups excluding carboxylic acids is 1. The molecule has 0 saturated heterocycles. The summed E-state index contributed by atoms with van der Waals surface area (Å²) >= 11 is 0. The molecular formula is C15H21N3O2. The SMILES string of the molecule is CCCc1nc2ccccc2n1CCC(N)C(=O)OC. The second-order valence-electron chi connectivity index (χ2n) is 4.84. The third kappa shape index (κ3) is 2.99. The first-order chi connectivity index (χ1) is 9.67. The molecule has 0 bridgehead atoms. The van der Waals surface area contributed by atoms with Crippen LogP contribution in [0.1, 0.15) is 25.6 Å². The highest BCUT2D eigenvalue weighted by molar-refractivity contribution is 5.76. The second kappa shape index (κ2) is 6.52. The van der Waals surface area contributed by atoms with Gasteiger partial charge in [-0.15, -0.1) is 0 Å². The Balaban J connectivity index is 2.23. The Hall–Kier alpha value is -1.88. The minimum Gasteiger partial charge on any atom is -0.468 e. The van der Waals surface area contributed by atoms with Crippen LogP contribution in [0.25, 0.3) is 11.0 Å². The molecule has 2 rings (SSSR count). The van der Waals surface area contributed by atoms with Crippen LogP contribution < -0.4 is 5.73 Å². The molecule has 0 saturated carbocycles. The van der Waals surface area contributed by atoms with Crippen LogP contribution >= 0.6 is 0 Å². The number of nitrogens with two attached hydrogens (primary N) is 1. The minimum atomic E-state index is -0.587. The van der Waals surface area contributed by atoms with E-state index in [2.05, 4.69) is 21.2 Å². The number of nitrogens with zero attached hydrogens (tertiary/aromatic N) is 2. The lowest BCUT2D eigenvalue weighted by Gasteiger charge is -2.12. The molecule has 1 aromatic heterocycles. The van der Waals surface area contributed by atoms with Gasteiger partial charge >= 0.3 is 5.97 Å². The number of aryl methyl sites for hydroxylation is 2. The third-order valence-corrected chi connectivity index (χ3v) is 3.37. The average Bonchev–Trinajstić information content (AvgIpc) is 2.81. The number of imidazole rings is 1. The fourth-order valence-corrected chi connectivity index (χ4v) is 2.33. The summed E-state index contributed by atoms with van der Waals surface area (Å²) in [6.45, 7) is 2.80. The zero-order chi connectivity index (χ0) is 14.5. The van der Waals surface area contributed by atoms with Gasteiger partial charge in [0.15, 0.2) is 0 Å². The first kappa shape index (κ1) is 14.5. The van der Waals surface area contributed by atoms with Crippen LogP contribution in [0, 0.1) is 0 Å². The van der Waals surface area contributed by atoms with Gasteiger partial charge in [0.2, 0.25) is 0 Å². The number of fused-ring (bicyclic) bond motifs is 1. The van der Waals surface area contributed by atoms with Crippen molar-refractivity contribution < 1.29 is 9.53 Å². The van der Waals surface area contributed by atoms with Crippen LogP contribution in [0.2, 0.25) is 0 Å². The molecule has 1 heterocycles. The molecule has 5 heteroatoms. The molecule has 2 aromatic rings. The lowest BCUT2D eigenvalue weighted by atomic mass is 10.2. The fraction of sp³-hybridized carbons (Fsp3) is 0.467. The summed E-state index contributed by atoms with van der Waals surface area (Å²) in [4.78, 5) is 16.0. The molecule has 20 heavy (non-hydrogen) atoms. The maximum Gasteiger partial charge on any atom is 0.322 e. The van der Waals surface area contributed by atoms with Crippen molar-refractivity contribution in [2.24, 2.45) is 5.73 Å². The van der Waals surface area contributed by atoms with Crippen molar-refractivity contribution in [2.45, 2.75) is 38.8 Å². The van der Waals surface area contributed by atoms with Crippen LogP contribution in [-0.4, -0.2) is 28.7 Å². The molecule has 0 aliphatic rings. The topological polar surface area (TPSA) is 70.1 Å². The van der Waals surface area contributed by atoms with Crippen molar-refractivity contribution in [3.8, 4) is 0 Å². The predicted octanol–water partition coefficient (Wildman–Crippen LogP) is 1.88. The fourth-order valence-electron chi connectivity index (χ4n) is 2.33. The van der Waals surface area contributed by atoms with Gasteiger partial charge in [0.05, 0.1) is 18.1 Å². The predicted molar refractivity (Wildman–Crippen MR) is 78.3 cm³/mol. The smallest absolute Gasteiger partial charge is 0.322 e. The zero-order valence-electron chi connectivity index (χ0n) is 12.0. The van der Waals surface area contributed by atoms with Crippen LogP contribution in [0.15, 0.2) is 24.3 Å². The number of rotatable bonds is 6. The van der Waals surface area contributed by atoms with E-state index in [1.807, 2.05) is 24.3 Å². The number of esters is 1. The molecule has 1 aromatic carbocycles. The second-order valence-corrected chi connectivity index (χ2v) is 4.84. The summed E-state index contributed by atoms with van der Waals surface area (Å²) in [5.41, 5.74) is 7.88. The Morgan fingerprint density at radius 2 is 2.20 bits per heavy atom. The third-order valence-electron chi connectivity index (χ3n) is 3.37. The summed E-state index contributed by atoms with van der Waals surface area (Å²) in [6, 6.07) is 7.44. The molecule has 0 radical (unpaired) electrons. The average molecular weight is 275 g/mol. The van der Waals surface area contributed by atoms with E-state index >= 15 is 0 Å². The number of benzene rings is 1. The quantitative estimate of drug-likeness (QED) is 0.817. The van der Waals surface area contributed by atoms with Gasteiger partial charge in [-0.2, -0.15) is 0 Å². The maximum atomic E-state index is 11.4. The van der Waals surface area contributed by atoms with E-state index in [-0.39, 0.29) is 5.97 Å². The summed E-state index contributed by atoms with van der Waals surface area (Å²) in [6.07, 6.45) is 2.50. The molecular weight excluding hydrogens is 254 g/mol. The number of ether oxygens (including phenoxy) is 1. The number of hydrogen-bond acceptors (Lipinski definition) is 4. The lowest BCUT2D eigenvalue weighted by molar-refractivity contribution is -0.142. The van der Waals surface area contributed by atoms with Crippen molar-refractivity contribution >= 4 is 17.0 Å². The summed E-state index contributed by atoms with van der Waals surface area (Å²) in [7, 11) is 1.36. The van der Waals surface area contributed by atoms with Crippen LogP contribution in [0.5, 0.6) is 0 Å². The van der Waals surface area contributed by atoms with Crippen LogP contribution in [0.3, 0.4) is 0 Å². The number of carbonyl (C=O) groups is 1. The lowest BCUT2D eigenvalue weighted by Crippen LogP contribution is -2.32. The van der Waals surface area contributed by atoms with Gasteiger partial charge < -0.3 is 15.0 Å². The van der Waals surface area contributed by atoms with E-state index < -0.39 is 6.04 Å². The Morgan fingerprint density at radius 1 is 1.45 bits per heavy atom. The van der Waals surface area contributed by atoms with Gasteiger partial charge in [-0.25, -0.2) is 4.98 Å². The van der Waals surface area contributed by atoms with E-state index in [0.29, 0.717) is 13.0 Å². The summed E-state index contributed by atoms with van der Waals surface area (Å²) in [5.74, 6) is 0.678. The first-order valence-electron chi connectivity index (χ1n) is 6.95. The Kier molecular flexibility index (Phi) is 4.74. The summed E-state index contributed by atoms with van der Waals surface area (Å²) in [5, 5.41) is 0. The normalized spacial score (nSPS) is 12.6. The van der Waals surface area contributed by atoms with Crippen LogP contribution in [-0.2, 0) is 22.5 Å². The van der Waals surface area contributed by atoms with Gasteiger partial charge in [0, 0.05) is 13.0 Å². The van der Waals surface area contributed by atoms with E-state index in [0.717, 1.165) is 29.7 Å².